The fourth-order valence-corrected chi connectivity index (χ4v) is 4.27. The van der Waals surface area contributed by atoms with E-state index in [1.807, 2.05) is 28.9 Å². The van der Waals surface area contributed by atoms with Crippen molar-refractivity contribution in [2.24, 2.45) is 0 Å². The van der Waals surface area contributed by atoms with Crippen LogP contribution in [0.5, 0.6) is 0 Å². The molecule has 0 saturated heterocycles. The summed E-state index contributed by atoms with van der Waals surface area (Å²) in [4.78, 5) is 18.1. The maximum Gasteiger partial charge on any atom is 0.308 e. The lowest BCUT2D eigenvalue weighted by Gasteiger charge is -1.88. The van der Waals surface area contributed by atoms with Crippen molar-refractivity contribution in [3.8, 4) is 10.6 Å². The SMILES string of the molecule is O=C(O)Cc1cn2cc(-c3cc4ccccc4s3)nc2s1. The number of carboxylic acids is 1. The molecule has 21 heavy (non-hydrogen) atoms. The normalized spacial score (nSPS) is 11.4. The third-order valence-electron chi connectivity index (χ3n) is 3.21. The molecule has 0 amide bonds. The number of carboxylic acid groups (broad SMARTS) is 1. The average Bonchev–Trinajstić information content (AvgIpc) is 3.08. The number of nitrogens with zero attached hydrogens (tertiary/aromatic N) is 2. The zero-order valence-electron chi connectivity index (χ0n) is 10.8. The van der Waals surface area contributed by atoms with Gasteiger partial charge in [-0.05, 0) is 17.5 Å². The van der Waals surface area contributed by atoms with Crippen LogP contribution in [0.1, 0.15) is 4.88 Å². The van der Waals surface area contributed by atoms with Gasteiger partial charge in [-0.25, -0.2) is 4.98 Å². The second-order valence-corrected chi connectivity index (χ2v) is 6.91. The Labute approximate surface area is 127 Å². The maximum atomic E-state index is 10.7. The van der Waals surface area contributed by atoms with Gasteiger partial charge in [0.25, 0.3) is 0 Å². The Morgan fingerprint density at radius 2 is 2.10 bits per heavy atom. The number of hydrogen-bond donors (Lipinski definition) is 1. The number of fused-ring (bicyclic) bond motifs is 2. The monoisotopic (exact) mass is 314 g/mol. The minimum absolute atomic E-state index is 0.0479. The van der Waals surface area contributed by atoms with Crippen LogP contribution in [-0.2, 0) is 11.2 Å². The van der Waals surface area contributed by atoms with Crippen molar-refractivity contribution < 1.29 is 9.90 Å². The molecule has 1 N–H and O–H groups in total. The standard InChI is InChI=1S/C15H10N2O2S2/c18-14(19)6-10-7-17-8-11(16-15(17)20-10)13-5-9-3-1-2-4-12(9)21-13/h1-5,7-8H,6H2,(H,18,19). The minimum Gasteiger partial charge on any atom is -0.481 e. The van der Waals surface area contributed by atoms with Gasteiger partial charge in [-0.15, -0.1) is 22.7 Å². The second-order valence-electron chi connectivity index (χ2n) is 4.73. The molecule has 0 aliphatic carbocycles. The van der Waals surface area contributed by atoms with E-state index >= 15 is 0 Å². The molecule has 104 valence electrons. The lowest BCUT2D eigenvalue weighted by Crippen LogP contribution is -1.97. The van der Waals surface area contributed by atoms with E-state index in [-0.39, 0.29) is 6.42 Å². The summed E-state index contributed by atoms with van der Waals surface area (Å²) in [5.41, 5.74) is 0.935. The molecule has 4 nitrogen and oxygen atoms in total. The van der Waals surface area contributed by atoms with Crippen molar-refractivity contribution in [3.05, 3.63) is 47.6 Å². The van der Waals surface area contributed by atoms with Crippen molar-refractivity contribution >= 4 is 43.7 Å². The molecular formula is C15H10N2O2S2. The molecule has 4 aromatic rings. The minimum atomic E-state index is -0.816. The van der Waals surface area contributed by atoms with Crippen LogP contribution in [0.25, 0.3) is 25.6 Å². The van der Waals surface area contributed by atoms with Crippen LogP contribution in [0.15, 0.2) is 42.7 Å². The number of rotatable bonds is 3. The second kappa shape index (κ2) is 4.68. The summed E-state index contributed by atoms with van der Waals surface area (Å²) in [5.74, 6) is -0.816. The lowest BCUT2D eigenvalue weighted by molar-refractivity contribution is -0.136. The van der Waals surface area contributed by atoms with E-state index in [1.54, 1.807) is 11.3 Å². The van der Waals surface area contributed by atoms with Gasteiger partial charge in [-0.3, -0.25) is 9.20 Å². The lowest BCUT2D eigenvalue weighted by atomic mass is 10.2. The van der Waals surface area contributed by atoms with E-state index in [0.29, 0.717) is 0 Å². The van der Waals surface area contributed by atoms with Crippen LogP contribution >= 0.6 is 22.7 Å². The Morgan fingerprint density at radius 3 is 2.86 bits per heavy atom. The van der Waals surface area contributed by atoms with Gasteiger partial charge < -0.3 is 5.11 Å². The molecule has 6 heteroatoms. The molecule has 3 aromatic heterocycles. The molecule has 0 atom stereocenters. The van der Waals surface area contributed by atoms with Crippen molar-refractivity contribution in [1.82, 2.24) is 9.38 Å². The van der Waals surface area contributed by atoms with Gasteiger partial charge in [0, 0.05) is 22.0 Å². The summed E-state index contributed by atoms with van der Waals surface area (Å²) in [5, 5.41) is 10.0. The number of carbonyl (C=O) groups is 1. The molecule has 0 saturated carbocycles. The highest BCUT2D eigenvalue weighted by atomic mass is 32.1. The summed E-state index contributed by atoms with van der Waals surface area (Å²) < 4.78 is 3.15. The van der Waals surface area contributed by atoms with Gasteiger partial charge in [-0.1, -0.05) is 18.2 Å². The zero-order chi connectivity index (χ0) is 14.4. The Bertz CT molecular complexity index is 900. The van der Waals surface area contributed by atoms with Crippen molar-refractivity contribution in [3.63, 3.8) is 0 Å². The van der Waals surface area contributed by atoms with E-state index in [1.165, 1.54) is 21.4 Å². The molecule has 4 rings (SSSR count). The number of hydrogen-bond acceptors (Lipinski definition) is 4. The summed E-state index contributed by atoms with van der Waals surface area (Å²) in [6.07, 6.45) is 3.85. The molecule has 0 unspecified atom stereocenters. The van der Waals surface area contributed by atoms with Crippen LogP contribution in [0.4, 0.5) is 0 Å². The highest BCUT2D eigenvalue weighted by Gasteiger charge is 2.12. The van der Waals surface area contributed by atoms with Gasteiger partial charge in [0.2, 0.25) is 0 Å². The van der Waals surface area contributed by atoms with Crippen LogP contribution in [-0.4, -0.2) is 20.5 Å². The first kappa shape index (κ1) is 12.6. The Morgan fingerprint density at radius 1 is 1.24 bits per heavy atom. The third-order valence-corrected chi connectivity index (χ3v) is 5.34. The molecule has 3 heterocycles. The van der Waals surface area contributed by atoms with Gasteiger partial charge >= 0.3 is 5.97 Å². The number of aromatic nitrogens is 2. The topological polar surface area (TPSA) is 54.6 Å². The Kier molecular flexibility index (Phi) is 2.80. The summed E-state index contributed by atoms with van der Waals surface area (Å²) in [6.45, 7) is 0. The van der Waals surface area contributed by atoms with E-state index in [2.05, 4.69) is 23.2 Å². The molecular weight excluding hydrogens is 304 g/mol. The molecule has 1 aromatic carbocycles. The number of thiophene rings is 1. The molecule has 0 aliphatic heterocycles. The third kappa shape index (κ3) is 2.22. The quantitative estimate of drug-likeness (QED) is 0.624. The van der Waals surface area contributed by atoms with Crippen LogP contribution < -0.4 is 0 Å². The van der Waals surface area contributed by atoms with E-state index in [9.17, 15) is 4.79 Å². The number of imidazole rings is 1. The summed E-state index contributed by atoms with van der Waals surface area (Å²) in [7, 11) is 0. The van der Waals surface area contributed by atoms with Crippen LogP contribution in [0, 0.1) is 0 Å². The Hall–Kier alpha value is -2.18. The fraction of sp³-hybridized carbons (Fsp3) is 0.0667. The predicted octanol–water partition coefficient (Wildman–Crippen LogP) is 3.90. The first-order valence-corrected chi connectivity index (χ1v) is 8.00. The smallest absolute Gasteiger partial charge is 0.308 e. The summed E-state index contributed by atoms with van der Waals surface area (Å²) >= 11 is 3.14. The number of aliphatic carboxylic acids is 1. The molecule has 0 spiro atoms. The van der Waals surface area contributed by atoms with Gasteiger partial charge in [0.15, 0.2) is 4.96 Å². The molecule has 0 bridgehead atoms. The highest BCUT2D eigenvalue weighted by Crippen LogP contribution is 2.33. The van der Waals surface area contributed by atoms with Gasteiger partial charge in [-0.2, -0.15) is 0 Å². The number of thiazole rings is 1. The molecule has 0 fully saturated rings. The average molecular weight is 314 g/mol. The van der Waals surface area contributed by atoms with Crippen LogP contribution in [0.3, 0.4) is 0 Å². The van der Waals surface area contributed by atoms with Crippen LogP contribution in [0.2, 0.25) is 0 Å². The predicted molar refractivity (Wildman–Crippen MR) is 85.2 cm³/mol. The highest BCUT2D eigenvalue weighted by molar-refractivity contribution is 7.22. The Balaban J connectivity index is 1.76. The molecule has 0 radical (unpaired) electrons. The van der Waals surface area contributed by atoms with Crippen molar-refractivity contribution in [1.29, 1.82) is 0 Å². The molecule has 0 aliphatic rings. The van der Waals surface area contributed by atoms with E-state index in [4.69, 9.17) is 5.11 Å². The van der Waals surface area contributed by atoms with Crippen molar-refractivity contribution in [2.75, 3.05) is 0 Å². The van der Waals surface area contributed by atoms with Gasteiger partial charge in [0.1, 0.15) is 5.69 Å². The first-order chi connectivity index (χ1) is 10.2. The first-order valence-electron chi connectivity index (χ1n) is 6.37. The van der Waals surface area contributed by atoms with Crippen molar-refractivity contribution in [2.45, 2.75) is 6.42 Å². The summed E-state index contributed by atoms with van der Waals surface area (Å²) in [6, 6.07) is 10.4. The van der Waals surface area contributed by atoms with E-state index in [0.717, 1.165) is 20.4 Å². The largest absolute Gasteiger partial charge is 0.481 e. The number of benzene rings is 1. The fourth-order valence-electron chi connectivity index (χ4n) is 2.30. The van der Waals surface area contributed by atoms with Gasteiger partial charge in [0.05, 0.1) is 11.3 Å². The zero-order valence-corrected chi connectivity index (χ0v) is 12.4. The maximum absolute atomic E-state index is 10.7. The van der Waals surface area contributed by atoms with E-state index < -0.39 is 5.97 Å².